The third-order valence-corrected chi connectivity index (χ3v) is 3.40. The van der Waals surface area contributed by atoms with Gasteiger partial charge in [-0.25, -0.2) is 0 Å². The second kappa shape index (κ2) is 6.70. The quantitative estimate of drug-likeness (QED) is 0.703. The average molecular weight is 219 g/mol. The Bertz CT molecular complexity index is 279. The summed E-state index contributed by atoms with van der Waals surface area (Å²) >= 11 is 0. The lowest BCUT2D eigenvalue weighted by molar-refractivity contribution is 0.274. The highest BCUT2D eigenvalue weighted by molar-refractivity contribution is 5.14. The van der Waals surface area contributed by atoms with E-state index >= 15 is 0 Å². The molecular formula is C15H25N. The van der Waals surface area contributed by atoms with E-state index < -0.39 is 0 Å². The van der Waals surface area contributed by atoms with E-state index in [-0.39, 0.29) is 0 Å². The molecule has 0 saturated carbocycles. The first kappa shape index (κ1) is 13.2. The van der Waals surface area contributed by atoms with Crippen LogP contribution in [0.25, 0.3) is 0 Å². The van der Waals surface area contributed by atoms with E-state index in [9.17, 15) is 0 Å². The van der Waals surface area contributed by atoms with Crippen LogP contribution in [0, 0.1) is 11.8 Å². The van der Waals surface area contributed by atoms with E-state index in [1.807, 2.05) is 0 Å². The van der Waals surface area contributed by atoms with E-state index in [0.717, 1.165) is 18.4 Å². The molecule has 0 saturated heterocycles. The van der Waals surface area contributed by atoms with Crippen LogP contribution in [-0.4, -0.2) is 18.5 Å². The van der Waals surface area contributed by atoms with Gasteiger partial charge in [0, 0.05) is 6.54 Å². The molecular weight excluding hydrogens is 194 g/mol. The van der Waals surface area contributed by atoms with E-state index in [0.29, 0.717) is 0 Å². The summed E-state index contributed by atoms with van der Waals surface area (Å²) in [5.74, 6) is 1.61. The number of rotatable bonds is 6. The third-order valence-electron chi connectivity index (χ3n) is 3.40. The first-order valence-electron chi connectivity index (χ1n) is 6.32. The molecule has 1 atom stereocenters. The zero-order valence-corrected chi connectivity index (χ0v) is 11.1. The molecule has 1 aromatic rings. The van der Waals surface area contributed by atoms with Crippen LogP contribution >= 0.6 is 0 Å². The normalized spacial score (nSPS) is 13.4. The van der Waals surface area contributed by atoms with E-state index in [2.05, 4.69) is 63.1 Å². The van der Waals surface area contributed by atoms with E-state index in [1.54, 1.807) is 0 Å². The molecule has 90 valence electrons. The first-order chi connectivity index (χ1) is 7.59. The topological polar surface area (TPSA) is 3.24 Å². The average Bonchev–Trinajstić information content (AvgIpc) is 2.27. The molecule has 0 heterocycles. The van der Waals surface area contributed by atoms with Crippen molar-refractivity contribution in [2.75, 3.05) is 13.6 Å². The SMILES string of the molecule is CC(C)C(C)CCN(C)Cc1ccccc1. The first-order valence-corrected chi connectivity index (χ1v) is 6.32. The Kier molecular flexibility index (Phi) is 5.54. The number of hydrogen-bond donors (Lipinski definition) is 0. The summed E-state index contributed by atoms with van der Waals surface area (Å²) < 4.78 is 0. The molecule has 0 bridgehead atoms. The van der Waals surface area contributed by atoms with Crippen LogP contribution in [0.3, 0.4) is 0 Å². The lowest BCUT2D eigenvalue weighted by atomic mass is 9.94. The second-order valence-electron chi connectivity index (χ2n) is 5.23. The summed E-state index contributed by atoms with van der Waals surface area (Å²) in [6.07, 6.45) is 1.29. The van der Waals surface area contributed by atoms with Crippen LogP contribution in [-0.2, 0) is 6.54 Å². The summed E-state index contributed by atoms with van der Waals surface area (Å²) in [5.41, 5.74) is 1.40. The Balaban J connectivity index is 2.29. The molecule has 0 aliphatic rings. The summed E-state index contributed by atoms with van der Waals surface area (Å²) in [5, 5.41) is 0. The van der Waals surface area contributed by atoms with Gasteiger partial charge in [-0.05, 0) is 37.4 Å². The standard InChI is InChI=1S/C15H25N/c1-13(2)14(3)10-11-16(4)12-15-8-6-5-7-9-15/h5-9,13-14H,10-12H2,1-4H3. The van der Waals surface area contributed by atoms with Crippen molar-refractivity contribution in [1.82, 2.24) is 4.90 Å². The maximum atomic E-state index is 2.41. The van der Waals surface area contributed by atoms with Crippen molar-refractivity contribution in [3.8, 4) is 0 Å². The molecule has 0 N–H and O–H groups in total. The van der Waals surface area contributed by atoms with Gasteiger partial charge in [0.15, 0.2) is 0 Å². The minimum Gasteiger partial charge on any atom is -0.302 e. The van der Waals surface area contributed by atoms with Crippen molar-refractivity contribution in [2.24, 2.45) is 11.8 Å². The monoisotopic (exact) mass is 219 g/mol. The Morgan fingerprint density at radius 1 is 1.06 bits per heavy atom. The van der Waals surface area contributed by atoms with Crippen molar-refractivity contribution in [2.45, 2.75) is 33.7 Å². The van der Waals surface area contributed by atoms with Gasteiger partial charge in [0.25, 0.3) is 0 Å². The zero-order valence-electron chi connectivity index (χ0n) is 11.1. The Morgan fingerprint density at radius 2 is 1.69 bits per heavy atom. The molecule has 0 fully saturated rings. The molecule has 16 heavy (non-hydrogen) atoms. The maximum absolute atomic E-state index is 2.41. The van der Waals surface area contributed by atoms with Gasteiger partial charge in [-0.2, -0.15) is 0 Å². The number of hydrogen-bond acceptors (Lipinski definition) is 1. The molecule has 0 aromatic heterocycles. The lowest BCUT2D eigenvalue weighted by Crippen LogP contribution is -2.22. The fourth-order valence-electron chi connectivity index (χ4n) is 1.73. The van der Waals surface area contributed by atoms with Crippen LogP contribution in [0.2, 0.25) is 0 Å². The molecule has 1 heteroatoms. The Morgan fingerprint density at radius 3 is 2.25 bits per heavy atom. The summed E-state index contributed by atoms with van der Waals surface area (Å²) in [7, 11) is 2.21. The van der Waals surface area contributed by atoms with Crippen molar-refractivity contribution in [1.29, 1.82) is 0 Å². The van der Waals surface area contributed by atoms with Gasteiger partial charge in [-0.1, -0.05) is 51.1 Å². The van der Waals surface area contributed by atoms with E-state index in [1.165, 1.54) is 18.5 Å². The van der Waals surface area contributed by atoms with Crippen molar-refractivity contribution < 1.29 is 0 Å². The molecule has 0 spiro atoms. The zero-order chi connectivity index (χ0) is 12.0. The molecule has 1 aromatic carbocycles. The predicted octanol–water partition coefficient (Wildman–Crippen LogP) is 3.80. The molecule has 0 amide bonds. The van der Waals surface area contributed by atoms with Gasteiger partial charge >= 0.3 is 0 Å². The van der Waals surface area contributed by atoms with Gasteiger partial charge in [-0.3, -0.25) is 0 Å². The highest BCUT2D eigenvalue weighted by atomic mass is 15.1. The smallest absolute Gasteiger partial charge is 0.0230 e. The number of nitrogens with zero attached hydrogens (tertiary/aromatic N) is 1. The molecule has 1 rings (SSSR count). The van der Waals surface area contributed by atoms with Gasteiger partial charge < -0.3 is 4.90 Å². The molecule has 0 aliphatic carbocycles. The predicted molar refractivity (Wildman–Crippen MR) is 71.4 cm³/mol. The molecule has 0 radical (unpaired) electrons. The summed E-state index contributed by atoms with van der Waals surface area (Å²) in [6, 6.07) is 10.7. The van der Waals surface area contributed by atoms with Crippen LogP contribution in [0.15, 0.2) is 30.3 Å². The largest absolute Gasteiger partial charge is 0.302 e. The van der Waals surface area contributed by atoms with Crippen LogP contribution in [0.4, 0.5) is 0 Å². The Labute approximate surface area is 100 Å². The van der Waals surface area contributed by atoms with Crippen LogP contribution in [0.5, 0.6) is 0 Å². The van der Waals surface area contributed by atoms with Crippen LogP contribution < -0.4 is 0 Å². The number of benzene rings is 1. The maximum Gasteiger partial charge on any atom is 0.0230 e. The lowest BCUT2D eigenvalue weighted by Gasteiger charge is -2.21. The van der Waals surface area contributed by atoms with Crippen molar-refractivity contribution >= 4 is 0 Å². The van der Waals surface area contributed by atoms with Gasteiger partial charge in [0.1, 0.15) is 0 Å². The van der Waals surface area contributed by atoms with Gasteiger partial charge in [0.05, 0.1) is 0 Å². The van der Waals surface area contributed by atoms with Crippen LogP contribution in [0.1, 0.15) is 32.8 Å². The van der Waals surface area contributed by atoms with Gasteiger partial charge in [-0.15, -0.1) is 0 Å². The third kappa shape index (κ3) is 4.80. The van der Waals surface area contributed by atoms with Crippen molar-refractivity contribution in [3.63, 3.8) is 0 Å². The highest BCUT2D eigenvalue weighted by Gasteiger charge is 2.08. The Hall–Kier alpha value is -0.820. The highest BCUT2D eigenvalue weighted by Crippen LogP contribution is 2.14. The van der Waals surface area contributed by atoms with Gasteiger partial charge in [0.2, 0.25) is 0 Å². The minimum absolute atomic E-state index is 0.796. The van der Waals surface area contributed by atoms with E-state index in [4.69, 9.17) is 0 Å². The van der Waals surface area contributed by atoms with Crippen molar-refractivity contribution in [3.05, 3.63) is 35.9 Å². The minimum atomic E-state index is 0.796. The second-order valence-corrected chi connectivity index (χ2v) is 5.23. The fourth-order valence-corrected chi connectivity index (χ4v) is 1.73. The fraction of sp³-hybridized carbons (Fsp3) is 0.600. The molecule has 1 unspecified atom stereocenters. The molecule has 1 nitrogen and oxygen atoms in total. The summed E-state index contributed by atoms with van der Waals surface area (Å²) in [4.78, 5) is 2.41. The molecule has 0 aliphatic heterocycles. The summed E-state index contributed by atoms with van der Waals surface area (Å²) in [6.45, 7) is 9.21.